The number of rotatable bonds is 3. The average molecular weight is 317 g/mol. The molecule has 0 amide bonds. The Bertz CT molecular complexity index is 613. The standard InChI is InChI=1S/C11H7BrF2N2O2/c12-7-5-16(15-9(7)4-11(17)18)10-2-1-6(13)3-8(10)14/h1-3,5H,4H2,(H,17,18). The van der Waals surface area contributed by atoms with E-state index in [1.165, 1.54) is 12.3 Å². The van der Waals surface area contributed by atoms with Gasteiger partial charge in [-0.15, -0.1) is 0 Å². The van der Waals surface area contributed by atoms with Gasteiger partial charge in [0.15, 0.2) is 5.82 Å². The summed E-state index contributed by atoms with van der Waals surface area (Å²) in [4.78, 5) is 10.6. The first-order valence-electron chi connectivity index (χ1n) is 4.88. The molecule has 0 bridgehead atoms. The number of carboxylic acids is 1. The van der Waals surface area contributed by atoms with E-state index >= 15 is 0 Å². The predicted molar refractivity (Wildman–Crippen MR) is 62.5 cm³/mol. The number of halogens is 3. The summed E-state index contributed by atoms with van der Waals surface area (Å²) in [5, 5.41) is 12.6. The number of carboxylic acid groups (broad SMARTS) is 1. The van der Waals surface area contributed by atoms with Crippen LogP contribution in [0.15, 0.2) is 28.9 Å². The zero-order chi connectivity index (χ0) is 13.3. The predicted octanol–water partition coefficient (Wildman–Crippen LogP) is 2.54. The third-order valence-electron chi connectivity index (χ3n) is 2.21. The van der Waals surface area contributed by atoms with Crippen LogP contribution < -0.4 is 0 Å². The Hall–Kier alpha value is -1.76. The Balaban J connectivity index is 2.42. The highest BCUT2D eigenvalue weighted by Crippen LogP contribution is 2.20. The molecule has 1 aromatic carbocycles. The van der Waals surface area contributed by atoms with Gasteiger partial charge in [0.25, 0.3) is 0 Å². The zero-order valence-electron chi connectivity index (χ0n) is 8.90. The number of hydrogen-bond acceptors (Lipinski definition) is 2. The quantitative estimate of drug-likeness (QED) is 0.946. The monoisotopic (exact) mass is 316 g/mol. The molecule has 94 valence electrons. The Morgan fingerprint density at radius 1 is 1.44 bits per heavy atom. The number of nitrogens with zero attached hydrogens (tertiary/aromatic N) is 2. The summed E-state index contributed by atoms with van der Waals surface area (Å²) in [7, 11) is 0. The maximum absolute atomic E-state index is 13.5. The second kappa shape index (κ2) is 4.85. The summed E-state index contributed by atoms with van der Waals surface area (Å²) >= 11 is 3.14. The molecule has 0 aliphatic heterocycles. The number of hydrogen-bond donors (Lipinski definition) is 1. The van der Waals surface area contributed by atoms with Crippen LogP contribution in [0.4, 0.5) is 8.78 Å². The van der Waals surface area contributed by atoms with Gasteiger partial charge in [0.1, 0.15) is 11.5 Å². The van der Waals surface area contributed by atoms with Crippen molar-refractivity contribution in [1.82, 2.24) is 9.78 Å². The SMILES string of the molecule is O=C(O)Cc1nn(-c2ccc(F)cc2F)cc1Br. The Morgan fingerprint density at radius 3 is 2.78 bits per heavy atom. The molecule has 1 heterocycles. The van der Waals surface area contributed by atoms with E-state index in [0.717, 1.165) is 16.8 Å². The molecular formula is C11H7BrF2N2O2. The first-order valence-corrected chi connectivity index (χ1v) is 5.68. The largest absolute Gasteiger partial charge is 0.481 e. The molecule has 7 heteroatoms. The lowest BCUT2D eigenvalue weighted by Gasteiger charge is -2.02. The normalized spacial score (nSPS) is 10.6. The molecule has 0 unspecified atom stereocenters. The van der Waals surface area contributed by atoms with E-state index in [1.807, 2.05) is 0 Å². The van der Waals surface area contributed by atoms with Crippen molar-refractivity contribution in [3.05, 3.63) is 46.2 Å². The summed E-state index contributed by atoms with van der Waals surface area (Å²) in [6.45, 7) is 0. The molecule has 0 aliphatic rings. The molecule has 4 nitrogen and oxygen atoms in total. The fourth-order valence-electron chi connectivity index (χ4n) is 1.44. The molecule has 0 saturated carbocycles. The van der Waals surface area contributed by atoms with Gasteiger partial charge >= 0.3 is 5.97 Å². The van der Waals surface area contributed by atoms with Gasteiger partial charge in [-0.05, 0) is 28.1 Å². The van der Waals surface area contributed by atoms with Crippen molar-refractivity contribution in [3.8, 4) is 5.69 Å². The number of carbonyl (C=O) groups is 1. The lowest BCUT2D eigenvalue weighted by molar-refractivity contribution is -0.136. The van der Waals surface area contributed by atoms with Crippen LogP contribution in [0, 0.1) is 11.6 Å². The van der Waals surface area contributed by atoms with E-state index in [0.29, 0.717) is 4.47 Å². The van der Waals surface area contributed by atoms with Gasteiger partial charge < -0.3 is 5.11 Å². The van der Waals surface area contributed by atoms with Crippen LogP contribution in [-0.2, 0) is 11.2 Å². The maximum atomic E-state index is 13.5. The molecule has 0 radical (unpaired) electrons. The molecular weight excluding hydrogens is 310 g/mol. The topological polar surface area (TPSA) is 55.1 Å². The highest BCUT2D eigenvalue weighted by Gasteiger charge is 2.13. The molecule has 1 aromatic heterocycles. The van der Waals surface area contributed by atoms with E-state index in [9.17, 15) is 13.6 Å². The Labute approximate surface area is 109 Å². The molecule has 0 fully saturated rings. The van der Waals surface area contributed by atoms with E-state index in [1.54, 1.807) is 0 Å². The zero-order valence-corrected chi connectivity index (χ0v) is 10.5. The third-order valence-corrected chi connectivity index (χ3v) is 2.88. The minimum atomic E-state index is -1.04. The van der Waals surface area contributed by atoms with E-state index in [-0.39, 0.29) is 17.8 Å². The summed E-state index contributed by atoms with van der Waals surface area (Å²) in [6, 6.07) is 3.07. The molecule has 2 aromatic rings. The summed E-state index contributed by atoms with van der Waals surface area (Å²) in [5.74, 6) is -2.50. The number of aliphatic carboxylic acids is 1. The van der Waals surface area contributed by atoms with Gasteiger partial charge in [-0.3, -0.25) is 4.79 Å². The van der Waals surface area contributed by atoms with Crippen LogP contribution in [0.3, 0.4) is 0 Å². The van der Waals surface area contributed by atoms with Gasteiger partial charge in [0.05, 0.1) is 16.6 Å². The van der Waals surface area contributed by atoms with Crippen LogP contribution in [0.5, 0.6) is 0 Å². The van der Waals surface area contributed by atoms with Crippen LogP contribution in [0.25, 0.3) is 5.69 Å². The summed E-state index contributed by atoms with van der Waals surface area (Å²) in [6.07, 6.45) is 1.14. The minimum Gasteiger partial charge on any atom is -0.481 e. The van der Waals surface area contributed by atoms with Crippen molar-refractivity contribution in [1.29, 1.82) is 0 Å². The maximum Gasteiger partial charge on any atom is 0.309 e. The first-order chi connectivity index (χ1) is 8.47. The van der Waals surface area contributed by atoms with Crippen molar-refractivity contribution < 1.29 is 18.7 Å². The lowest BCUT2D eigenvalue weighted by Crippen LogP contribution is -2.04. The molecule has 2 rings (SSSR count). The van der Waals surface area contributed by atoms with Crippen LogP contribution in [0.1, 0.15) is 5.69 Å². The van der Waals surface area contributed by atoms with Gasteiger partial charge in [-0.1, -0.05) is 0 Å². The average Bonchev–Trinajstić information content (AvgIpc) is 2.59. The van der Waals surface area contributed by atoms with Crippen molar-refractivity contribution in [2.75, 3.05) is 0 Å². The summed E-state index contributed by atoms with van der Waals surface area (Å²) in [5.41, 5.74) is 0.319. The Kier molecular flexibility index (Phi) is 3.42. The number of benzene rings is 1. The van der Waals surface area contributed by atoms with Crippen LogP contribution >= 0.6 is 15.9 Å². The number of aromatic nitrogens is 2. The second-order valence-electron chi connectivity index (χ2n) is 3.53. The molecule has 18 heavy (non-hydrogen) atoms. The van der Waals surface area contributed by atoms with E-state index in [2.05, 4.69) is 21.0 Å². The third kappa shape index (κ3) is 2.56. The fourth-order valence-corrected chi connectivity index (χ4v) is 1.86. The fraction of sp³-hybridized carbons (Fsp3) is 0.0909. The molecule has 1 N–H and O–H groups in total. The van der Waals surface area contributed by atoms with Gasteiger partial charge in [0, 0.05) is 12.3 Å². The lowest BCUT2D eigenvalue weighted by atomic mass is 10.3. The van der Waals surface area contributed by atoms with Crippen LogP contribution in [-0.4, -0.2) is 20.9 Å². The van der Waals surface area contributed by atoms with Crippen molar-refractivity contribution in [2.45, 2.75) is 6.42 Å². The van der Waals surface area contributed by atoms with E-state index in [4.69, 9.17) is 5.11 Å². The smallest absolute Gasteiger partial charge is 0.309 e. The molecule has 0 atom stereocenters. The van der Waals surface area contributed by atoms with Gasteiger partial charge in [0.2, 0.25) is 0 Å². The summed E-state index contributed by atoms with van der Waals surface area (Å²) < 4.78 is 27.9. The highest BCUT2D eigenvalue weighted by atomic mass is 79.9. The molecule has 0 aliphatic carbocycles. The second-order valence-corrected chi connectivity index (χ2v) is 4.39. The Morgan fingerprint density at radius 2 is 2.17 bits per heavy atom. The molecule has 0 spiro atoms. The van der Waals surface area contributed by atoms with Gasteiger partial charge in [-0.25, -0.2) is 13.5 Å². The van der Waals surface area contributed by atoms with Crippen molar-refractivity contribution in [3.63, 3.8) is 0 Å². The van der Waals surface area contributed by atoms with Crippen molar-refractivity contribution >= 4 is 21.9 Å². The van der Waals surface area contributed by atoms with Gasteiger partial charge in [-0.2, -0.15) is 5.10 Å². The highest BCUT2D eigenvalue weighted by molar-refractivity contribution is 9.10. The van der Waals surface area contributed by atoms with E-state index < -0.39 is 17.6 Å². The minimum absolute atomic E-state index is 0.0498. The first kappa shape index (κ1) is 12.7. The van der Waals surface area contributed by atoms with Crippen molar-refractivity contribution in [2.24, 2.45) is 0 Å². The molecule has 0 saturated heterocycles. The van der Waals surface area contributed by atoms with Crippen LogP contribution in [0.2, 0.25) is 0 Å².